The van der Waals surface area contributed by atoms with Crippen LogP contribution in [0.1, 0.15) is 36.8 Å². The summed E-state index contributed by atoms with van der Waals surface area (Å²) in [4.78, 5) is 66.1. The van der Waals surface area contributed by atoms with Crippen molar-refractivity contribution in [1.82, 2.24) is 20.9 Å². The summed E-state index contributed by atoms with van der Waals surface area (Å²) in [6.45, 7) is 0.347. The SMILES string of the molecule is NCCCCC(NC(=O)C(Cc1c[nH]c2ccccc12)NC(=O)C(N)Cc1ccccc1)C(=O)NC(CC(N)=O)C(=O)O. The highest BCUT2D eigenvalue weighted by molar-refractivity contribution is 5.95. The molecule has 2 aromatic carbocycles. The maximum atomic E-state index is 13.7. The number of aromatic nitrogens is 1. The Morgan fingerprint density at radius 2 is 1.42 bits per heavy atom. The molecule has 0 saturated carbocycles. The predicted octanol–water partition coefficient (Wildman–Crippen LogP) is -0.176. The van der Waals surface area contributed by atoms with Crippen LogP contribution in [0.2, 0.25) is 0 Å². The topological polar surface area (TPSA) is 236 Å². The number of carboxylic acids is 1. The van der Waals surface area contributed by atoms with Crippen LogP contribution in [0.25, 0.3) is 10.9 Å². The molecule has 230 valence electrons. The summed E-state index contributed by atoms with van der Waals surface area (Å²) in [7, 11) is 0. The van der Waals surface area contributed by atoms with Gasteiger partial charge in [-0.2, -0.15) is 0 Å². The zero-order valence-corrected chi connectivity index (χ0v) is 23.8. The molecule has 4 atom stereocenters. The van der Waals surface area contributed by atoms with Crippen LogP contribution in [0, 0.1) is 0 Å². The molecule has 13 heteroatoms. The largest absolute Gasteiger partial charge is 0.480 e. The molecule has 0 aliphatic heterocycles. The lowest BCUT2D eigenvalue weighted by Crippen LogP contribution is -2.58. The third kappa shape index (κ3) is 9.94. The van der Waals surface area contributed by atoms with Crippen LogP contribution in [0.4, 0.5) is 0 Å². The second kappa shape index (κ2) is 16.0. The number of para-hydroxylation sites is 1. The molecule has 4 amide bonds. The first-order chi connectivity index (χ1) is 20.6. The first-order valence-corrected chi connectivity index (χ1v) is 14.1. The summed E-state index contributed by atoms with van der Waals surface area (Å²) in [5.74, 6) is -4.39. The Balaban J connectivity index is 1.83. The van der Waals surface area contributed by atoms with E-state index in [1.54, 1.807) is 6.20 Å². The molecule has 0 bridgehead atoms. The molecule has 0 aliphatic rings. The second-order valence-corrected chi connectivity index (χ2v) is 10.3. The van der Waals surface area contributed by atoms with Crippen LogP contribution in [-0.4, -0.2) is 70.4 Å². The summed E-state index contributed by atoms with van der Waals surface area (Å²) < 4.78 is 0. The number of unbranched alkanes of at least 4 members (excludes halogenated alkanes) is 1. The van der Waals surface area contributed by atoms with Gasteiger partial charge in [0.1, 0.15) is 18.1 Å². The summed E-state index contributed by atoms with van der Waals surface area (Å²) >= 11 is 0. The summed E-state index contributed by atoms with van der Waals surface area (Å²) in [6, 6.07) is 11.9. The number of hydrogen-bond acceptors (Lipinski definition) is 7. The van der Waals surface area contributed by atoms with Crippen LogP contribution in [0.5, 0.6) is 0 Å². The second-order valence-electron chi connectivity index (χ2n) is 10.3. The van der Waals surface area contributed by atoms with Crippen molar-refractivity contribution in [3.05, 3.63) is 71.9 Å². The normalized spacial score (nSPS) is 13.8. The van der Waals surface area contributed by atoms with Gasteiger partial charge in [0.15, 0.2) is 0 Å². The van der Waals surface area contributed by atoms with Crippen LogP contribution in [-0.2, 0) is 36.8 Å². The van der Waals surface area contributed by atoms with E-state index in [2.05, 4.69) is 20.9 Å². The fourth-order valence-corrected chi connectivity index (χ4v) is 4.68. The number of carbonyl (C=O) groups excluding carboxylic acids is 4. The number of nitrogens with two attached hydrogens (primary N) is 3. The van der Waals surface area contributed by atoms with Gasteiger partial charge in [0.25, 0.3) is 0 Å². The van der Waals surface area contributed by atoms with Gasteiger partial charge >= 0.3 is 5.97 Å². The summed E-state index contributed by atoms with van der Waals surface area (Å²) in [6.07, 6.45) is 2.58. The van der Waals surface area contributed by atoms with E-state index in [1.807, 2.05) is 54.6 Å². The van der Waals surface area contributed by atoms with Crippen molar-refractivity contribution in [2.45, 2.75) is 62.7 Å². The highest BCUT2D eigenvalue weighted by Gasteiger charge is 2.31. The van der Waals surface area contributed by atoms with E-state index in [0.29, 0.717) is 19.4 Å². The maximum absolute atomic E-state index is 13.7. The van der Waals surface area contributed by atoms with Crippen molar-refractivity contribution in [3.8, 4) is 0 Å². The third-order valence-corrected chi connectivity index (χ3v) is 6.97. The van der Waals surface area contributed by atoms with E-state index in [-0.39, 0.29) is 19.3 Å². The lowest BCUT2D eigenvalue weighted by atomic mass is 10.0. The van der Waals surface area contributed by atoms with Gasteiger partial charge in [-0.25, -0.2) is 4.79 Å². The molecule has 3 rings (SSSR count). The van der Waals surface area contributed by atoms with Gasteiger partial charge < -0.3 is 43.2 Å². The molecular weight excluding hydrogens is 554 g/mol. The van der Waals surface area contributed by atoms with E-state index in [4.69, 9.17) is 17.2 Å². The van der Waals surface area contributed by atoms with Crippen molar-refractivity contribution in [1.29, 1.82) is 0 Å². The van der Waals surface area contributed by atoms with Crippen LogP contribution in [0.3, 0.4) is 0 Å². The minimum atomic E-state index is -1.57. The number of primary amides is 1. The molecule has 4 unspecified atom stereocenters. The Morgan fingerprint density at radius 1 is 0.791 bits per heavy atom. The predicted molar refractivity (Wildman–Crippen MR) is 160 cm³/mol. The molecule has 1 heterocycles. The van der Waals surface area contributed by atoms with Crippen molar-refractivity contribution in [3.63, 3.8) is 0 Å². The Morgan fingerprint density at radius 3 is 2.09 bits per heavy atom. The first kappa shape index (κ1) is 32.8. The smallest absolute Gasteiger partial charge is 0.326 e. The van der Waals surface area contributed by atoms with Crippen molar-refractivity contribution < 1.29 is 29.1 Å². The molecule has 43 heavy (non-hydrogen) atoms. The average molecular weight is 594 g/mol. The van der Waals surface area contributed by atoms with E-state index >= 15 is 0 Å². The van der Waals surface area contributed by atoms with E-state index in [9.17, 15) is 29.1 Å². The number of H-pyrrole nitrogens is 1. The zero-order chi connectivity index (χ0) is 31.4. The highest BCUT2D eigenvalue weighted by atomic mass is 16.4. The number of aliphatic carboxylic acids is 1. The maximum Gasteiger partial charge on any atom is 0.326 e. The van der Waals surface area contributed by atoms with E-state index < -0.39 is 60.2 Å². The number of aromatic amines is 1. The van der Waals surface area contributed by atoms with Crippen LogP contribution in [0.15, 0.2) is 60.8 Å². The summed E-state index contributed by atoms with van der Waals surface area (Å²) in [5, 5.41) is 18.0. The molecule has 0 spiro atoms. The van der Waals surface area contributed by atoms with Gasteiger partial charge in [-0.1, -0.05) is 48.5 Å². The number of amides is 4. The van der Waals surface area contributed by atoms with Gasteiger partial charge in [0, 0.05) is 23.5 Å². The highest BCUT2D eigenvalue weighted by Crippen LogP contribution is 2.19. The molecule has 0 fully saturated rings. The van der Waals surface area contributed by atoms with Crippen LogP contribution < -0.4 is 33.2 Å². The standard InChI is InChI=1S/C30H39N7O6/c31-13-7-6-12-23(28(40)37-25(30(42)43)16-26(33)38)35-29(41)24(15-19-17-34-22-11-5-4-10-20(19)22)36-27(39)21(32)14-18-8-2-1-3-9-18/h1-5,8-11,17,21,23-25,34H,6-7,12-16,31-32H2,(H2,33,38)(H,35,41)(H,36,39)(H,37,40)(H,42,43). The molecule has 0 radical (unpaired) electrons. The van der Waals surface area contributed by atoms with E-state index in [1.165, 1.54) is 0 Å². The van der Waals surface area contributed by atoms with Gasteiger partial charge in [-0.05, 0) is 49.4 Å². The molecule has 13 nitrogen and oxygen atoms in total. The average Bonchev–Trinajstić information content (AvgIpc) is 3.38. The Hall–Kier alpha value is -4.75. The zero-order valence-electron chi connectivity index (χ0n) is 23.8. The number of nitrogens with one attached hydrogen (secondary N) is 4. The molecular formula is C30H39N7O6. The fourth-order valence-electron chi connectivity index (χ4n) is 4.68. The van der Waals surface area contributed by atoms with Gasteiger partial charge in [-0.3, -0.25) is 19.2 Å². The Labute approximate surface area is 248 Å². The van der Waals surface area contributed by atoms with Gasteiger partial charge in [-0.15, -0.1) is 0 Å². The minimum absolute atomic E-state index is 0.0796. The molecule has 3 aromatic rings. The number of benzene rings is 2. The lowest BCUT2D eigenvalue weighted by Gasteiger charge is -2.25. The van der Waals surface area contributed by atoms with Crippen molar-refractivity contribution in [2.24, 2.45) is 17.2 Å². The monoisotopic (exact) mass is 593 g/mol. The van der Waals surface area contributed by atoms with Crippen LogP contribution >= 0.6 is 0 Å². The first-order valence-electron chi connectivity index (χ1n) is 14.1. The summed E-state index contributed by atoms with van der Waals surface area (Å²) in [5.41, 5.74) is 19.4. The lowest BCUT2D eigenvalue weighted by molar-refractivity contribution is -0.143. The Bertz CT molecular complexity index is 1410. The number of rotatable bonds is 17. The Kier molecular flexibility index (Phi) is 12.2. The third-order valence-electron chi connectivity index (χ3n) is 6.97. The molecule has 11 N–H and O–H groups in total. The fraction of sp³-hybridized carbons (Fsp3) is 0.367. The number of carbonyl (C=O) groups is 5. The minimum Gasteiger partial charge on any atom is -0.480 e. The van der Waals surface area contributed by atoms with Crippen molar-refractivity contribution in [2.75, 3.05) is 6.54 Å². The number of hydrogen-bond donors (Lipinski definition) is 8. The van der Waals surface area contributed by atoms with Gasteiger partial charge in [0.05, 0.1) is 12.5 Å². The number of fused-ring (bicyclic) bond motifs is 1. The molecule has 0 saturated heterocycles. The molecule has 0 aliphatic carbocycles. The van der Waals surface area contributed by atoms with Crippen molar-refractivity contribution >= 4 is 40.5 Å². The molecule has 1 aromatic heterocycles. The van der Waals surface area contributed by atoms with E-state index in [0.717, 1.165) is 22.0 Å². The quantitative estimate of drug-likeness (QED) is 0.0975. The number of carboxylic acid groups (broad SMARTS) is 1. The van der Waals surface area contributed by atoms with Gasteiger partial charge in [0.2, 0.25) is 23.6 Å².